The first kappa shape index (κ1) is 14.3. The third-order valence-electron chi connectivity index (χ3n) is 3.05. The summed E-state index contributed by atoms with van der Waals surface area (Å²) in [4.78, 5) is 14.8. The van der Waals surface area contributed by atoms with E-state index in [1.165, 1.54) is 4.90 Å². The van der Waals surface area contributed by atoms with Crippen molar-refractivity contribution in [3.8, 4) is 0 Å². The van der Waals surface area contributed by atoms with Crippen LogP contribution >= 0.6 is 0 Å². The van der Waals surface area contributed by atoms with Crippen LogP contribution in [0.25, 0.3) is 0 Å². The number of amides is 1. The second-order valence-electron chi connectivity index (χ2n) is 6.05. The Morgan fingerprint density at radius 1 is 1.41 bits per heavy atom. The van der Waals surface area contributed by atoms with E-state index in [0.29, 0.717) is 5.92 Å². The van der Waals surface area contributed by atoms with Crippen LogP contribution in [0, 0.1) is 13.0 Å². The Balaban J connectivity index is 2.33. The van der Waals surface area contributed by atoms with Gasteiger partial charge in [0.1, 0.15) is 5.60 Å². The van der Waals surface area contributed by atoms with Crippen LogP contribution in [0.3, 0.4) is 0 Å². The average molecular weight is 242 g/mol. The Morgan fingerprint density at radius 2 is 1.94 bits per heavy atom. The van der Waals surface area contributed by atoms with E-state index in [2.05, 4.69) is 7.05 Å². The standard InChI is InChI=1S/C13H26N2O2/c1-13(2,3)17-12(16)15(5)10-11-6-8-14(4)9-7-11/h11,14H,4,6-10H2,1-3,5H3. The van der Waals surface area contributed by atoms with Crippen molar-refractivity contribution in [2.45, 2.75) is 39.2 Å². The highest BCUT2D eigenvalue weighted by molar-refractivity contribution is 5.67. The Bertz CT molecular complexity index is 253. The van der Waals surface area contributed by atoms with E-state index in [4.69, 9.17) is 4.74 Å². The van der Waals surface area contributed by atoms with Gasteiger partial charge >= 0.3 is 6.09 Å². The van der Waals surface area contributed by atoms with Crippen molar-refractivity contribution in [3.05, 3.63) is 7.05 Å². The van der Waals surface area contributed by atoms with Gasteiger partial charge in [0.2, 0.25) is 0 Å². The van der Waals surface area contributed by atoms with E-state index in [0.717, 1.165) is 32.5 Å². The summed E-state index contributed by atoms with van der Waals surface area (Å²) in [6, 6.07) is 0. The molecule has 0 bridgehead atoms. The molecule has 1 aliphatic heterocycles. The number of piperidine rings is 1. The van der Waals surface area contributed by atoms with Crippen molar-refractivity contribution in [1.82, 2.24) is 4.90 Å². The highest BCUT2D eigenvalue weighted by Crippen LogP contribution is 2.14. The molecule has 0 spiro atoms. The number of carbonyl (C=O) groups excluding carboxylic acids is 1. The Kier molecular flexibility index (Phi) is 4.80. The molecule has 1 fully saturated rings. The third kappa shape index (κ3) is 5.39. The predicted molar refractivity (Wildman–Crippen MR) is 67.6 cm³/mol. The maximum atomic E-state index is 11.8. The molecule has 0 atom stereocenters. The molecule has 0 unspecified atom stereocenters. The SMILES string of the molecule is [CH2-][NH+]1CCC(CN(C)C(=O)OC(C)(C)C)CC1. The number of rotatable bonds is 2. The van der Waals surface area contributed by atoms with Crippen LogP contribution in [-0.4, -0.2) is 43.3 Å². The lowest BCUT2D eigenvalue weighted by atomic mass is 9.97. The second kappa shape index (κ2) is 5.71. The first-order chi connectivity index (χ1) is 7.78. The highest BCUT2D eigenvalue weighted by Gasteiger charge is 2.24. The molecule has 1 amide bonds. The van der Waals surface area contributed by atoms with Crippen molar-refractivity contribution in [2.24, 2.45) is 5.92 Å². The minimum Gasteiger partial charge on any atom is -0.468 e. The fraction of sp³-hybridized carbons (Fsp3) is 0.846. The van der Waals surface area contributed by atoms with Crippen molar-refractivity contribution >= 4 is 6.09 Å². The number of hydrogen-bond acceptors (Lipinski definition) is 2. The molecule has 0 aliphatic carbocycles. The fourth-order valence-electron chi connectivity index (χ4n) is 2.07. The molecule has 1 aliphatic rings. The molecule has 1 heterocycles. The summed E-state index contributed by atoms with van der Waals surface area (Å²) in [7, 11) is 5.82. The van der Waals surface area contributed by atoms with Gasteiger partial charge in [0.15, 0.2) is 0 Å². The monoisotopic (exact) mass is 242 g/mol. The lowest BCUT2D eigenvalue weighted by Crippen LogP contribution is -3.08. The molecule has 100 valence electrons. The summed E-state index contributed by atoms with van der Waals surface area (Å²) < 4.78 is 5.33. The van der Waals surface area contributed by atoms with E-state index in [1.54, 1.807) is 4.90 Å². The Morgan fingerprint density at radius 3 is 2.41 bits per heavy atom. The maximum absolute atomic E-state index is 11.8. The van der Waals surface area contributed by atoms with E-state index in [-0.39, 0.29) is 6.09 Å². The minimum absolute atomic E-state index is 0.220. The van der Waals surface area contributed by atoms with Gasteiger partial charge in [-0.1, -0.05) is 0 Å². The van der Waals surface area contributed by atoms with Gasteiger partial charge in [-0.25, -0.2) is 4.79 Å². The van der Waals surface area contributed by atoms with Crippen LogP contribution in [0.1, 0.15) is 33.6 Å². The smallest absolute Gasteiger partial charge is 0.410 e. The largest absolute Gasteiger partial charge is 0.468 e. The van der Waals surface area contributed by atoms with Gasteiger partial charge in [-0.3, -0.25) is 0 Å². The van der Waals surface area contributed by atoms with Crippen molar-refractivity contribution in [1.29, 1.82) is 0 Å². The van der Waals surface area contributed by atoms with Gasteiger partial charge in [-0.05, 0) is 39.5 Å². The first-order valence-corrected chi connectivity index (χ1v) is 6.38. The zero-order valence-corrected chi connectivity index (χ0v) is 11.6. The summed E-state index contributed by atoms with van der Waals surface area (Å²) >= 11 is 0. The number of ether oxygens (including phenoxy) is 1. The fourth-order valence-corrected chi connectivity index (χ4v) is 2.07. The number of carbonyl (C=O) groups is 1. The normalized spacial score (nSPS) is 25.5. The highest BCUT2D eigenvalue weighted by atomic mass is 16.6. The van der Waals surface area contributed by atoms with E-state index in [9.17, 15) is 4.79 Å². The van der Waals surface area contributed by atoms with Crippen LogP contribution in [0.5, 0.6) is 0 Å². The Labute approximate surface area is 105 Å². The van der Waals surface area contributed by atoms with Crippen LogP contribution in [-0.2, 0) is 4.74 Å². The molecule has 0 saturated carbocycles. The zero-order chi connectivity index (χ0) is 13.1. The summed E-state index contributed by atoms with van der Waals surface area (Å²) in [6.45, 7) is 8.68. The molecular formula is C13H26N2O2. The molecule has 1 saturated heterocycles. The minimum atomic E-state index is -0.411. The van der Waals surface area contributed by atoms with Crippen LogP contribution in [0.4, 0.5) is 4.79 Å². The molecule has 0 aromatic carbocycles. The van der Waals surface area contributed by atoms with E-state index < -0.39 is 5.60 Å². The predicted octanol–water partition coefficient (Wildman–Crippen LogP) is 0.940. The molecule has 1 rings (SSSR count). The second-order valence-corrected chi connectivity index (χ2v) is 6.05. The third-order valence-corrected chi connectivity index (χ3v) is 3.05. The summed E-state index contributed by atoms with van der Waals surface area (Å²) in [6.07, 6.45) is 2.07. The van der Waals surface area contributed by atoms with Gasteiger partial charge in [0, 0.05) is 13.6 Å². The molecule has 0 aromatic rings. The topological polar surface area (TPSA) is 34.0 Å². The average Bonchev–Trinajstić information content (AvgIpc) is 2.19. The molecule has 4 nitrogen and oxygen atoms in total. The number of nitrogens with one attached hydrogen (secondary N) is 1. The van der Waals surface area contributed by atoms with E-state index in [1.807, 2.05) is 27.8 Å². The molecular weight excluding hydrogens is 216 g/mol. The number of quaternary nitrogens is 1. The van der Waals surface area contributed by atoms with Gasteiger partial charge in [-0.2, -0.15) is 7.05 Å². The lowest BCUT2D eigenvalue weighted by Gasteiger charge is -2.33. The van der Waals surface area contributed by atoms with Gasteiger partial charge in [-0.15, -0.1) is 0 Å². The number of nitrogens with zero attached hydrogens (tertiary/aromatic N) is 1. The molecule has 17 heavy (non-hydrogen) atoms. The van der Waals surface area contributed by atoms with E-state index >= 15 is 0 Å². The van der Waals surface area contributed by atoms with Crippen LogP contribution in [0.2, 0.25) is 0 Å². The zero-order valence-electron chi connectivity index (χ0n) is 11.6. The summed E-state index contributed by atoms with van der Waals surface area (Å²) in [5, 5.41) is 0. The van der Waals surface area contributed by atoms with Crippen LogP contribution < -0.4 is 4.90 Å². The lowest BCUT2D eigenvalue weighted by molar-refractivity contribution is -0.860. The first-order valence-electron chi connectivity index (χ1n) is 6.38. The Hall–Kier alpha value is -0.770. The van der Waals surface area contributed by atoms with Crippen molar-refractivity contribution in [2.75, 3.05) is 26.7 Å². The molecule has 0 aromatic heterocycles. The van der Waals surface area contributed by atoms with Gasteiger partial charge in [0.25, 0.3) is 0 Å². The molecule has 1 N–H and O–H groups in total. The maximum Gasteiger partial charge on any atom is 0.410 e. The van der Waals surface area contributed by atoms with Gasteiger partial charge < -0.3 is 14.5 Å². The summed E-state index contributed by atoms with van der Waals surface area (Å²) in [5.74, 6) is 0.595. The van der Waals surface area contributed by atoms with Crippen molar-refractivity contribution < 1.29 is 14.4 Å². The van der Waals surface area contributed by atoms with Crippen LogP contribution in [0.15, 0.2) is 0 Å². The number of likely N-dealkylation sites (tertiary alicyclic amines) is 1. The quantitative estimate of drug-likeness (QED) is 0.731. The molecule has 0 radical (unpaired) electrons. The molecule has 4 heteroatoms. The van der Waals surface area contributed by atoms with Crippen molar-refractivity contribution in [3.63, 3.8) is 0 Å². The number of hydrogen-bond donors (Lipinski definition) is 1. The summed E-state index contributed by atoms with van der Waals surface area (Å²) in [5.41, 5.74) is -0.411. The van der Waals surface area contributed by atoms with Gasteiger partial charge in [0.05, 0.1) is 13.1 Å².